The highest BCUT2D eigenvalue weighted by atomic mass is 32.1. The molecule has 2 atom stereocenters. The maximum absolute atomic E-state index is 13.0. The molecule has 120 valence electrons. The van der Waals surface area contributed by atoms with Crippen LogP contribution < -0.4 is 5.56 Å². The second-order valence-corrected chi connectivity index (χ2v) is 4.91. The maximum atomic E-state index is 13.0. The molecule has 9 heteroatoms. The van der Waals surface area contributed by atoms with Crippen molar-refractivity contribution in [3.63, 3.8) is 0 Å². The standard InChI is InChI=1S/C13H13F3N2O3S/c1-20-11-2-3-21-6-10(11)18-5-8(13(14,15)16)4-9(12(18)19)17-7-22/h4-5,10-11H,2-3,6H2,1H3/t10?,11-/m1/s1. The molecule has 1 fully saturated rings. The summed E-state index contributed by atoms with van der Waals surface area (Å²) >= 11 is 4.38. The molecule has 1 saturated heterocycles. The minimum atomic E-state index is -4.61. The van der Waals surface area contributed by atoms with Gasteiger partial charge < -0.3 is 14.0 Å². The van der Waals surface area contributed by atoms with Crippen molar-refractivity contribution in [2.24, 2.45) is 4.99 Å². The zero-order valence-corrected chi connectivity index (χ0v) is 12.4. The first-order valence-electron chi connectivity index (χ1n) is 6.40. The van der Waals surface area contributed by atoms with Crippen molar-refractivity contribution in [3.05, 3.63) is 28.2 Å². The summed E-state index contributed by atoms with van der Waals surface area (Å²) < 4.78 is 50.5. The van der Waals surface area contributed by atoms with E-state index in [1.54, 1.807) is 0 Å². The van der Waals surface area contributed by atoms with Crippen LogP contribution in [0.3, 0.4) is 0 Å². The lowest BCUT2D eigenvalue weighted by Crippen LogP contribution is -2.40. The summed E-state index contributed by atoms with van der Waals surface area (Å²) in [5, 5.41) is 1.92. The smallest absolute Gasteiger partial charge is 0.379 e. The number of aromatic nitrogens is 1. The molecule has 0 aromatic carbocycles. The van der Waals surface area contributed by atoms with Crippen LogP contribution in [0.15, 0.2) is 22.1 Å². The number of nitrogens with zero attached hydrogens (tertiary/aromatic N) is 2. The van der Waals surface area contributed by atoms with E-state index in [1.165, 1.54) is 7.11 Å². The minimum absolute atomic E-state index is 0.0838. The van der Waals surface area contributed by atoms with Crippen LogP contribution in [0, 0.1) is 0 Å². The third-order valence-electron chi connectivity index (χ3n) is 3.44. The molecule has 0 amide bonds. The largest absolute Gasteiger partial charge is 0.417 e. The van der Waals surface area contributed by atoms with Crippen molar-refractivity contribution in [3.8, 4) is 0 Å². The lowest BCUT2D eigenvalue weighted by molar-refractivity contribution is -0.138. The average molecular weight is 334 g/mol. The van der Waals surface area contributed by atoms with Gasteiger partial charge in [-0.15, -0.1) is 0 Å². The van der Waals surface area contributed by atoms with Gasteiger partial charge in [0.05, 0.1) is 29.5 Å². The molecule has 2 rings (SSSR count). The second-order valence-electron chi connectivity index (χ2n) is 4.73. The van der Waals surface area contributed by atoms with Gasteiger partial charge in [-0.05, 0) is 24.7 Å². The second kappa shape index (κ2) is 6.70. The number of pyridine rings is 1. The van der Waals surface area contributed by atoms with E-state index < -0.39 is 35.1 Å². The van der Waals surface area contributed by atoms with Crippen molar-refractivity contribution in [2.75, 3.05) is 20.3 Å². The normalized spacial score (nSPS) is 22.2. The summed E-state index contributed by atoms with van der Waals surface area (Å²) in [4.78, 5) is 15.7. The monoisotopic (exact) mass is 334 g/mol. The predicted octanol–water partition coefficient (Wildman–Crippen LogP) is 2.58. The highest BCUT2D eigenvalue weighted by Crippen LogP contribution is 2.32. The number of hydrogen-bond acceptors (Lipinski definition) is 5. The zero-order valence-electron chi connectivity index (χ0n) is 11.6. The van der Waals surface area contributed by atoms with Gasteiger partial charge in [-0.1, -0.05) is 0 Å². The van der Waals surface area contributed by atoms with Gasteiger partial charge >= 0.3 is 6.18 Å². The fraction of sp³-hybridized carbons (Fsp3) is 0.538. The van der Waals surface area contributed by atoms with Crippen molar-refractivity contribution in [2.45, 2.75) is 24.7 Å². The van der Waals surface area contributed by atoms with E-state index in [9.17, 15) is 18.0 Å². The summed E-state index contributed by atoms with van der Waals surface area (Å²) in [6.07, 6.45) is -3.79. The molecular weight excluding hydrogens is 321 g/mol. The fourth-order valence-electron chi connectivity index (χ4n) is 2.36. The van der Waals surface area contributed by atoms with E-state index in [1.807, 2.05) is 5.16 Å². The van der Waals surface area contributed by atoms with Crippen LogP contribution in [0.2, 0.25) is 0 Å². The predicted molar refractivity (Wildman–Crippen MR) is 75.7 cm³/mol. The summed E-state index contributed by atoms with van der Waals surface area (Å²) in [5.74, 6) is 0. The first-order valence-corrected chi connectivity index (χ1v) is 6.81. The van der Waals surface area contributed by atoms with Crippen LogP contribution in [0.1, 0.15) is 18.0 Å². The minimum Gasteiger partial charge on any atom is -0.379 e. The number of alkyl halides is 3. The van der Waals surface area contributed by atoms with E-state index in [-0.39, 0.29) is 6.61 Å². The van der Waals surface area contributed by atoms with Crippen molar-refractivity contribution >= 4 is 23.1 Å². The molecule has 1 aromatic rings. The van der Waals surface area contributed by atoms with Gasteiger partial charge in [0.25, 0.3) is 5.56 Å². The molecular formula is C13H13F3N2O3S. The van der Waals surface area contributed by atoms with Gasteiger partial charge in [-0.3, -0.25) is 4.79 Å². The first kappa shape index (κ1) is 16.8. The SMILES string of the molecule is CO[C@@H]1CCOCC1n1cc(C(F)(F)F)cc(N=C=S)c1=O. The average Bonchev–Trinajstić information content (AvgIpc) is 2.48. The van der Waals surface area contributed by atoms with Gasteiger partial charge in [0.2, 0.25) is 0 Å². The topological polar surface area (TPSA) is 52.8 Å². The van der Waals surface area contributed by atoms with Gasteiger partial charge in [0.15, 0.2) is 0 Å². The Labute approximate surface area is 129 Å². The Kier molecular flexibility index (Phi) is 5.12. The molecule has 0 spiro atoms. The van der Waals surface area contributed by atoms with Crippen LogP contribution in [0.4, 0.5) is 18.9 Å². The van der Waals surface area contributed by atoms with Crippen LogP contribution in [-0.4, -0.2) is 36.2 Å². The number of isothiocyanates is 1. The molecule has 0 bridgehead atoms. The van der Waals surface area contributed by atoms with E-state index >= 15 is 0 Å². The van der Waals surface area contributed by atoms with E-state index in [2.05, 4.69) is 17.2 Å². The Hall–Kier alpha value is -1.54. The molecule has 1 aromatic heterocycles. The quantitative estimate of drug-likeness (QED) is 0.630. The Morgan fingerprint density at radius 1 is 1.55 bits per heavy atom. The number of halogens is 3. The lowest BCUT2D eigenvalue weighted by atomic mass is 10.1. The first-order chi connectivity index (χ1) is 10.4. The summed E-state index contributed by atoms with van der Waals surface area (Å²) in [7, 11) is 1.44. The van der Waals surface area contributed by atoms with Gasteiger partial charge in [0, 0.05) is 19.9 Å². The van der Waals surface area contributed by atoms with Gasteiger partial charge in [-0.25, -0.2) is 0 Å². The Balaban J connectivity index is 2.60. The van der Waals surface area contributed by atoms with E-state index in [4.69, 9.17) is 9.47 Å². The molecule has 0 saturated carbocycles. The molecule has 2 heterocycles. The van der Waals surface area contributed by atoms with Gasteiger partial charge in [0.1, 0.15) is 5.69 Å². The van der Waals surface area contributed by atoms with Crippen LogP contribution in [-0.2, 0) is 15.7 Å². The Bertz CT molecular complexity index is 653. The summed E-state index contributed by atoms with van der Waals surface area (Å²) in [6.45, 7) is 0.508. The summed E-state index contributed by atoms with van der Waals surface area (Å²) in [5.41, 5.74) is -2.09. The highest BCUT2D eigenvalue weighted by Gasteiger charge is 2.35. The van der Waals surface area contributed by atoms with Crippen molar-refractivity contribution < 1.29 is 22.6 Å². The molecule has 1 aliphatic heterocycles. The summed E-state index contributed by atoms with van der Waals surface area (Å²) in [6, 6.07) is -0.00323. The van der Waals surface area contributed by atoms with Crippen LogP contribution in [0.25, 0.3) is 0 Å². The molecule has 1 aliphatic rings. The van der Waals surface area contributed by atoms with Crippen LogP contribution >= 0.6 is 12.2 Å². The number of methoxy groups -OCH3 is 1. The Morgan fingerprint density at radius 2 is 2.27 bits per heavy atom. The third-order valence-corrected chi connectivity index (χ3v) is 3.53. The number of hydrogen-bond donors (Lipinski definition) is 0. The molecule has 0 N–H and O–H groups in total. The third kappa shape index (κ3) is 3.44. The number of aliphatic imine (C=N–C) groups is 1. The fourth-order valence-corrected chi connectivity index (χ4v) is 2.45. The molecule has 0 radical (unpaired) electrons. The van der Waals surface area contributed by atoms with E-state index in [0.717, 1.165) is 10.8 Å². The highest BCUT2D eigenvalue weighted by molar-refractivity contribution is 7.78. The molecule has 1 unspecified atom stereocenters. The van der Waals surface area contributed by atoms with Crippen LogP contribution in [0.5, 0.6) is 0 Å². The number of rotatable bonds is 3. The number of ether oxygens (including phenoxy) is 2. The Morgan fingerprint density at radius 3 is 2.86 bits per heavy atom. The molecule has 0 aliphatic carbocycles. The van der Waals surface area contributed by atoms with E-state index in [0.29, 0.717) is 19.1 Å². The van der Waals surface area contributed by atoms with Gasteiger partial charge in [-0.2, -0.15) is 18.2 Å². The van der Waals surface area contributed by atoms with Crippen molar-refractivity contribution in [1.82, 2.24) is 4.57 Å². The zero-order chi connectivity index (χ0) is 16.3. The molecule has 22 heavy (non-hydrogen) atoms. The maximum Gasteiger partial charge on any atom is 0.417 e. The van der Waals surface area contributed by atoms with Crippen molar-refractivity contribution in [1.29, 1.82) is 0 Å². The molecule has 5 nitrogen and oxygen atoms in total. The lowest BCUT2D eigenvalue weighted by Gasteiger charge is -2.32. The number of thiocarbonyl (C=S) groups is 1.